The summed E-state index contributed by atoms with van der Waals surface area (Å²) in [7, 11) is 0. The standard InChI is InChI=1S/C17H24N4O5/c1-9(2)6-13(22)25-7-11-14(23)15(24)17(3,26-11)12-5-4-10-16(18)19-8-20-21(10)12/h4-5,8-9,11,14-15,23-24H,6-7H2,1-3H3,(H2,18,19,20)/t11-,14-,15-,17+/m1/s1. The lowest BCUT2D eigenvalue weighted by Gasteiger charge is -2.27. The second kappa shape index (κ2) is 6.82. The quantitative estimate of drug-likeness (QED) is 0.643. The highest BCUT2D eigenvalue weighted by Crippen LogP contribution is 2.40. The lowest BCUT2D eigenvalue weighted by atomic mass is 9.93. The molecule has 9 heteroatoms. The number of esters is 1. The van der Waals surface area contributed by atoms with Crippen LogP contribution in [0.5, 0.6) is 0 Å². The number of hydrogen-bond acceptors (Lipinski definition) is 8. The Morgan fingerprint density at radius 2 is 2.19 bits per heavy atom. The van der Waals surface area contributed by atoms with Gasteiger partial charge in [0, 0.05) is 6.42 Å². The van der Waals surface area contributed by atoms with E-state index in [4.69, 9.17) is 15.2 Å². The zero-order chi connectivity index (χ0) is 19.1. The van der Waals surface area contributed by atoms with E-state index < -0.39 is 23.9 Å². The van der Waals surface area contributed by atoms with Gasteiger partial charge in [-0.05, 0) is 25.0 Å². The van der Waals surface area contributed by atoms with Crippen LogP contribution in [-0.2, 0) is 19.9 Å². The predicted octanol–water partition coefficient (Wildman–Crippen LogP) is 0.237. The molecule has 0 aromatic carbocycles. The van der Waals surface area contributed by atoms with E-state index in [0.717, 1.165) is 0 Å². The van der Waals surface area contributed by atoms with Crippen LogP contribution in [0.4, 0.5) is 5.82 Å². The molecule has 1 fully saturated rings. The lowest BCUT2D eigenvalue weighted by Crippen LogP contribution is -2.39. The maximum absolute atomic E-state index is 11.7. The van der Waals surface area contributed by atoms with Gasteiger partial charge in [0.15, 0.2) is 5.82 Å². The summed E-state index contributed by atoms with van der Waals surface area (Å²) in [6, 6.07) is 3.43. The molecule has 3 rings (SSSR count). The number of fused-ring (bicyclic) bond motifs is 1. The first-order chi connectivity index (χ1) is 12.2. The molecule has 0 amide bonds. The Hall–Kier alpha value is -2.23. The fourth-order valence-corrected chi connectivity index (χ4v) is 3.22. The summed E-state index contributed by atoms with van der Waals surface area (Å²) >= 11 is 0. The van der Waals surface area contributed by atoms with Crippen LogP contribution < -0.4 is 5.73 Å². The van der Waals surface area contributed by atoms with Gasteiger partial charge in [-0.15, -0.1) is 0 Å². The first-order valence-corrected chi connectivity index (χ1v) is 8.52. The Morgan fingerprint density at radius 1 is 1.46 bits per heavy atom. The molecule has 4 N–H and O–H groups in total. The molecule has 0 spiro atoms. The molecule has 1 aliphatic rings. The molecule has 1 saturated heterocycles. The summed E-state index contributed by atoms with van der Waals surface area (Å²) in [5, 5.41) is 25.1. The third-order valence-corrected chi connectivity index (χ3v) is 4.64. The summed E-state index contributed by atoms with van der Waals surface area (Å²) in [4.78, 5) is 15.7. The molecule has 3 heterocycles. The maximum atomic E-state index is 11.7. The Morgan fingerprint density at radius 3 is 2.88 bits per heavy atom. The number of nitrogens with zero attached hydrogens (tertiary/aromatic N) is 3. The molecular formula is C17H24N4O5. The third-order valence-electron chi connectivity index (χ3n) is 4.64. The minimum atomic E-state index is -1.25. The van der Waals surface area contributed by atoms with Gasteiger partial charge in [0.2, 0.25) is 0 Å². The van der Waals surface area contributed by atoms with Gasteiger partial charge in [0.05, 0.1) is 5.69 Å². The summed E-state index contributed by atoms with van der Waals surface area (Å²) in [5.41, 5.74) is 5.68. The van der Waals surface area contributed by atoms with E-state index in [2.05, 4.69) is 10.1 Å². The zero-order valence-corrected chi connectivity index (χ0v) is 15.0. The molecule has 0 aliphatic carbocycles. The number of carbonyl (C=O) groups excluding carboxylic acids is 1. The first kappa shape index (κ1) is 18.6. The van der Waals surface area contributed by atoms with Gasteiger partial charge >= 0.3 is 5.97 Å². The molecule has 2 aromatic rings. The summed E-state index contributed by atoms with van der Waals surface area (Å²) in [6.07, 6.45) is -1.71. The number of hydrogen-bond donors (Lipinski definition) is 3. The van der Waals surface area contributed by atoms with Crippen LogP contribution in [0, 0.1) is 5.92 Å². The number of aromatic nitrogens is 3. The van der Waals surface area contributed by atoms with E-state index in [1.165, 1.54) is 10.8 Å². The molecule has 142 valence electrons. The van der Waals surface area contributed by atoms with Crippen LogP contribution in [0.3, 0.4) is 0 Å². The predicted molar refractivity (Wildman–Crippen MR) is 92.1 cm³/mol. The number of carbonyl (C=O) groups is 1. The highest BCUT2D eigenvalue weighted by molar-refractivity contribution is 5.69. The Kier molecular flexibility index (Phi) is 4.87. The molecule has 0 unspecified atom stereocenters. The number of aliphatic hydroxyl groups is 2. The van der Waals surface area contributed by atoms with E-state index in [-0.39, 0.29) is 24.9 Å². The van der Waals surface area contributed by atoms with Crippen LogP contribution in [-0.4, -0.2) is 55.7 Å². The van der Waals surface area contributed by atoms with E-state index in [0.29, 0.717) is 17.0 Å². The number of nitrogens with two attached hydrogens (primary N) is 1. The van der Waals surface area contributed by atoms with Gasteiger partial charge in [0.25, 0.3) is 0 Å². The van der Waals surface area contributed by atoms with Crippen LogP contribution >= 0.6 is 0 Å². The SMILES string of the molecule is CC(C)CC(=O)OC[C@H]1O[C@@](C)(c2ccc3c(N)ncnn23)[C@H](O)[C@@H]1O. The Balaban J connectivity index is 1.81. The third kappa shape index (κ3) is 3.13. The minimum absolute atomic E-state index is 0.139. The van der Waals surface area contributed by atoms with Crippen molar-refractivity contribution in [3.63, 3.8) is 0 Å². The molecular weight excluding hydrogens is 340 g/mol. The molecule has 9 nitrogen and oxygen atoms in total. The highest BCUT2D eigenvalue weighted by Gasteiger charge is 2.53. The molecule has 4 atom stereocenters. The molecule has 26 heavy (non-hydrogen) atoms. The Labute approximate surface area is 150 Å². The monoisotopic (exact) mass is 364 g/mol. The van der Waals surface area contributed by atoms with Crippen molar-refractivity contribution in [3.8, 4) is 0 Å². The van der Waals surface area contributed by atoms with Gasteiger partial charge in [-0.25, -0.2) is 9.50 Å². The molecule has 2 aromatic heterocycles. The number of aliphatic hydroxyl groups excluding tert-OH is 2. The van der Waals surface area contributed by atoms with Gasteiger partial charge in [-0.2, -0.15) is 5.10 Å². The van der Waals surface area contributed by atoms with Crippen molar-refractivity contribution >= 4 is 17.3 Å². The van der Waals surface area contributed by atoms with Crippen LogP contribution in [0.15, 0.2) is 18.5 Å². The second-order valence-electron chi connectivity index (χ2n) is 7.14. The van der Waals surface area contributed by atoms with Gasteiger partial charge in [-0.3, -0.25) is 4.79 Å². The van der Waals surface area contributed by atoms with Crippen LogP contribution in [0.2, 0.25) is 0 Å². The van der Waals surface area contributed by atoms with Crippen LogP contribution in [0.1, 0.15) is 32.9 Å². The van der Waals surface area contributed by atoms with E-state index in [9.17, 15) is 15.0 Å². The smallest absolute Gasteiger partial charge is 0.306 e. The van der Waals surface area contributed by atoms with Crippen molar-refractivity contribution in [3.05, 3.63) is 24.2 Å². The molecule has 0 saturated carbocycles. The lowest BCUT2D eigenvalue weighted by molar-refractivity contribution is -0.152. The topological polar surface area (TPSA) is 132 Å². The van der Waals surface area contributed by atoms with Gasteiger partial charge in [-0.1, -0.05) is 13.8 Å². The maximum Gasteiger partial charge on any atom is 0.306 e. The minimum Gasteiger partial charge on any atom is -0.463 e. The van der Waals surface area contributed by atoms with Crippen molar-refractivity contribution < 1.29 is 24.5 Å². The van der Waals surface area contributed by atoms with Crippen molar-refractivity contribution in [2.75, 3.05) is 12.3 Å². The van der Waals surface area contributed by atoms with Gasteiger partial charge < -0.3 is 25.4 Å². The molecule has 1 aliphatic heterocycles. The van der Waals surface area contributed by atoms with Crippen LogP contribution in [0.25, 0.3) is 5.52 Å². The van der Waals surface area contributed by atoms with Gasteiger partial charge in [0.1, 0.15) is 42.4 Å². The van der Waals surface area contributed by atoms with Crippen molar-refractivity contribution in [2.45, 2.75) is 51.1 Å². The Bertz CT molecular complexity index is 808. The average molecular weight is 364 g/mol. The summed E-state index contributed by atoms with van der Waals surface area (Å²) < 4.78 is 12.6. The number of anilines is 1. The number of nitrogen functional groups attached to an aromatic ring is 1. The summed E-state index contributed by atoms with van der Waals surface area (Å²) in [6.45, 7) is 5.33. The fourth-order valence-electron chi connectivity index (χ4n) is 3.22. The van der Waals surface area contributed by atoms with E-state index in [1.54, 1.807) is 19.1 Å². The van der Waals surface area contributed by atoms with Crippen molar-refractivity contribution in [2.24, 2.45) is 5.92 Å². The average Bonchev–Trinajstić information content (AvgIpc) is 3.10. The van der Waals surface area contributed by atoms with Crippen molar-refractivity contribution in [1.82, 2.24) is 14.6 Å². The first-order valence-electron chi connectivity index (χ1n) is 8.52. The second-order valence-corrected chi connectivity index (χ2v) is 7.14. The molecule has 0 radical (unpaired) electrons. The fraction of sp³-hybridized carbons (Fsp3) is 0.588. The highest BCUT2D eigenvalue weighted by atomic mass is 16.6. The number of ether oxygens (including phenoxy) is 2. The summed E-state index contributed by atoms with van der Waals surface area (Å²) in [5.74, 6) is 0.0968. The van der Waals surface area contributed by atoms with Crippen molar-refractivity contribution in [1.29, 1.82) is 0 Å². The largest absolute Gasteiger partial charge is 0.463 e. The molecule has 0 bridgehead atoms. The van der Waals surface area contributed by atoms with E-state index in [1.807, 2.05) is 13.8 Å². The zero-order valence-electron chi connectivity index (χ0n) is 15.0. The van der Waals surface area contributed by atoms with E-state index >= 15 is 0 Å². The number of rotatable bonds is 5. The normalized spacial score (nSPS) is 28.8.